The first-order valence-corrected chi connectivity index (χ1v) is 11.2. The van der Waals surface area contributed by atoms with Crippen LogP contribution in [0.2, 0.25) is 0 Å². The minimum atomic E-state index is -3.50. The van der Waals surface area contributed by atoms with E-state index in [1.54, 1.807) is 24.3 Å². The maximum atomic E-state index is 12.2. The third-order valence-electron chi connectivity index (χ3n) is 4.29. The van der Waals surface area contributed by atoms with Gasteiger partial charge in [-0.3, -0.25) is 9.10 Å². The van der Waals surface area contributed by atoms with Crippen molar-refractivity contribution in [2.75, 3.05) is 37.4 Å². The topological polar surface area (TPSA) is 84.9 Å². The molecule has 0 saturated heterocycles. The molecular formula is C21H28N2O5S. The first-order chi connectivity index (χ1) is 13.8. The average molecular weight is 421 g/mol. The molecule has 1 amide bonds. The molecular weight excluding hydrogens is 392 g/mol. The fraction of sp³-hybridized carbons (Fsp3) is 0.381. The Labute approximate surface area is 172 Å². The Morgan fingerprint density at radius 1 is 1.07 bits per heavy atom. The van der Waals surface area contributed by atoms with Gasteiger partial charge in [-0.1, -0.05) is 30.3 Å². The Bertz CT molecular complexity index is 915. The van der Waals surface area contributed by atoms with Crippen LogP contribution in [0, 0.1) is 6.92 Å². The number of hydrogen-bond donors (Lipinski definition) is 1. The molecule has 0 bridgehead atoms. The van der Waals surface area contributed by atoms with Crippen molar-refractivity contribution in [2.45, 2.75) is 19.8 Å². The van der Waals surface area contributed by atoms with Gasteiger partial charge in [0.2, 0.25) is 15.9 Å². The monoisotopic (exact) mass is 420 g/mol. The zero-order valence-electron chi connectivity index (χ0n) is 17.1. The van der Waals surface area contributed by atoms with Crippen molar-refractivity contribution in [2.24, 2.45) is 0 Å². The summed E-state index contributed by atoms with van der Waals surface area (Å²) in [5.74, 6) is 1.12. The van der Waals surface area contributed by atoms with E-state index in [9.17, 15) is 13.2 Å². The van der Waals surface area contributed by atoms with Crippen molar-refractivity contribution < 1.29 is 22.7 Å². The van der Waals surface area contributed by atoms with E-state index < -0.39 is 10.0 Å². The molecule has 29 heavy (non-hydrogen) atoms. The normalized spacial score (nSPS) is 11.0. The minimum absolute atomic E-state index is 0.146. The molecule has 0 saturated carbocycles. The van der Waals surface area contributed by atoms with Crippen LogP contribution in [0.1, 0.15) is 18.4 Å². The van der Waals surface area contributed by atoms with Crippen LogP contribution in [0.3, 0.4) is 0 Å². The molecule has 0 fully saturated rings. The number of carbonyl (C=O) groups is 1. The molecule has 0 aromatic heterocycles. The van der Waals surface area contributed by atoms with Gasteiger partial charge >= 0.3 is 0 Å². The van der Waals surface area contributed by atoms with E-state index in [1.165, 1.54) is 11.4 Å². The summed E-state index contributed by atoms with van der Waals surface area (Å²) in [5.41, 5.74) is 1.50. The summed E-state index contributed by atoms with van der Waals surface area (Å²) >= 11 is 0. The highest BCUT2D eigenvalue weighted by atomic mass is 32.2. The Morgan fingerprint density at radius 3 is 2.38 bits per heavy atom. The number of methoxy groups -OCH3 is 1. The quantitative estimate of drug-likeness (QED) is 0.565. The number of carbonyl (C=O) groups excluding carboxylic acids is 1. The van der Waals surface area contributed by atoms with Crippen LogP contribution in [0.4, 0.5) is 5.69 Å². The lowest BCUT2D eigenvalue weighted by Gasteiger charge is -2.24. The van der Waals surface area contributed by atoms with Crippen molar-refractivity contribution in [3.63, 3.8) is 0 Å². The number of rotatable bonds is 11. The summed E-state index contributed by atoms with van der Waals surface area (Å²) in [6.45, 7) is 2.90. The van der Waals surface area contributed by atoms with E-state index in [2.05, 4.69) is 5.32 Å². The summed E-state index contributed by atoms with van der Waals surface area (Å²) < 4.78 is 36.6. The highest BCUT2D eigenvalue weighted by Crippen LogP contribution is 2.29. The van der Waals surface area contributed by atoms with Crippen molar-refractivity contribution >= 4 is 21.6 Å². The summed E-state index contributed by atoms with van der Waals surface area (Å²) in [5, 5.41) is 2.79. The molecule has 158 valence electrons. The van der Waals surface area contributed by atoms with Gasteiger partial charge in [0.05, 0.1) is 25.6 Å². The number of benzene rings is 2. The van der Waals surface area contributed by atoms with E-state index in [1.807, 2.05) is 31.2 Å². The SMILES string of the molecule is COc1ccccc1N(CCCC(=O)NCCOc1ccccc1C)S(C)(=O)=O. The lowest BCUT2D eigenvalue weighted by atomic mass is 10.2. The first-order valence-electron chi connectivity index (χ1n) is 9.39. The molecule has 1 N–H and O–H groups in total. The second kappa shape index (κ2) is 10.7. The Balaban J connectivity index is 1.80. The van der Waals surface area contributed by atoms with Crippen LogP contribution in [0.25, 0.3) is 0 Å². The summed E-state index contributed by atoms with van der Waals surface area (Å²) in [4.78, 5) is 12.1. The van der Waals surface area contributed by atoms with Gasteiger partial charge in [0.25, 0.3) is 0 Å². The van der Waals surface area contributed by atoms with E-state index in [0.717, 1.165) is 17.6 Å². The molecule has 0 aliphatic rings. The van der Waals surface area contributed by atoms with Crippen molar-refractivity contribution in [1.29, 1.82) is 0 Å². The third-order valence-corrected chi connectivity index (χ3v) is 5.47. The van der Waals surface area contributed by atoms with Crippen LogP contribution in [-0.4, -0.2) is 47.4 Å². The van der Waals surface area contributed by atoms with Gasteiger partial charge in [-0.05, 0) is 37.1 Å². The number of ether oxygens (including phenoxy) is 2. The van der Waals surface area contributed by atoms with Gasteiger partial charge in [-0.2, -0.15) is 0 Å². The molecule has 0 unspecified atom stereocenters. The van der Waals surface area contributed by atoms with Gasteiger partial charge in [0.15, 0.2) is 0 Å². The fourth-order valence-electron chi connectivity index (χ4n) is 2.84. The molecule has 0 heterocycles. The van der Waals surface area contributed by atoms with E-state index in [4.69, 9.17) is 9.47 Å². The van der Waals surface area contributed by atoms with Crippen molar-refractivity contribution in [3.8, 4) is 11.5 Å². The predicted molar refractivity (Wildman–Crippen MR) is 114 cm³/mol. The van der Waals surface area contributed by atoms with Crippen LogP contribution in [0.15, 0.2) is 48.5 Å². The molecule has 0 spiro atoms. The summed E-state index contributed by atoms with van der Waals surface area (Å²) in [6, 6.07) is 14.6. The molecule has 8 heteroatoms. The Kier molecular flexibility index (Phi) is 8.33. The predicted octanol–water partition coefficient (Wildman–Crippen LogP) is 2.75. The molecule has 2 rings (SSSR count). The number of sulfonamides is 1. The van der Waals surface area contributed by atoms with Gasteiger partial charge in [-0.15, -0.1) is 0 Å². The molecule has 0 atom stereocenters. The lowest BCUT2D eigenvalue weighted by Crippen LogP contribution is -2.33. The lowest BCUT2D eigenvalue weighted by molar-refractivity contribution is -0.121. The number of anilines is 1. The highest BCUT2D eigenvalue weighted by molar-refractivity contribution is 7.92. The average Bonchev–Trinajstić information content (AvgIpc) is 2.69. The number of para-hydroxylation sites is 3. The maximum Gasteiger partial charge on any atom is 0.232 e. The summed E-state index contributed by atoms with van der Waals surface area (Å²) in [6.07, 6.45) is 1.74. The van der Waals surface area contributed by atoms with Crippen LogP contribution < -0.4 is 19.1 Å². The minimum Gasteiger partial charge on any atom is -0.495 e. The van der Waals surface area contributed by atoms with Crippen LogP contribution >= 0.6 is 0 Å². The van der Waals surface area contributed by atoms with E-state index in [-0.39, 0.29) is 18.9 Å². The molecule has 0 aliphatic carbocycles. The number of hydrogen-bond acceptors (Lipinski definition) is 5. The van der Waals surface area contributed by atoms with Crippen LogP contribution in [0.5, 0.6) is 11.5 Å². The number of amides is 1. The molecule has 0 aliphatic heterocycles. The zero-order valence-corrected chi connectivity index (χ0v) is 17.9. The number of aryl methyl sites for hydroxylation is 1. The third kappa shape index (κ3) is 6.98. The van der Waals surface area contributed by atoms with Gasteiger partial charge in [0, 0.05) is 13.0 Å². The summed E-state index contributed by atoms with van der Waals surface area (Å²) in [7, 11) is -2.01. The fourth-order valence-corrected chi connectivity index (χ4v) is 3.81. The molecule has 7 nitrogen and oxygen atoms in total. The molecule has 2 aromatic rings. The van der Waals surface area contributed by atoms with E-state index in [0.29, 0.717) is 31.0 Å². The number of nitrogens with zero attached hydrogens (tertiary/aromatic N) is 1. The smallest absolute Gasteiger partial charge is 0.232 e. The van der Waals surface area contributed by atoms with Crippen LogP contribution in [-0.2, 0) is 14.8 Å². The second-order valence-electron chi connectivity index (χ2n) is 6.57. The van der Waals surface area contributed by atoms with Gasteiger partial charge < -0.3 is 14.8 Å². The highest BCUT2D eigenvalue weighted by Gasteiger charge is 2.20. The number of nitrogens with one attached hydrogen (secondary N) is 1. The standard InChI is InChI=1S/C21H28N2O5S/c1-17-9-4-6-11-19(17)28-16-14-22-21(24)13-8-15-23(29(3,25)26)18-10-5-7-12-20(18)27-2/h4-7,9-12H,8,13-16H2,1-3H3,(H,22,24). The van der Waals surface area contributed by atoms with Crippen molar-refractivity contribution in [1.82, 2.24) is 5.32 Å². The Hall–Kier alpha value is -2.74. The largest absolute Gasteiger partial charge is 0.495 e. The first kappa shape index (κ1) is 22.5. The van der Waals surface area contributed by atoms with E-state index >= 15 is 0 Å². The van der Waals surface area contributed by atoms with Gasteiger partial charge in [0.1, 0.15) is 18.1 Å². The maximum absolute atomic E-state index is 12.2. The van der Waals surface area contributed by atoms with Crippen molar-refractivity contribution in [3.05, 3.63) is 54.1 Å². The molecule has 2 aromatic carbocycles. The zero-order chi connectivity index (χ0) is 21.3. The Morgan fingerprint density at radius 2 is 1.72 bits per heavy atom. The van der Waals surface area contributed by atoms with Gasteiger partial charge in [-0.25, -0.2) is 8.42 Å². The second-order valence-corrected chi connectivity index (χ2v) is 8.48. The molecule has 0 radical (unpaired) electrons.